The average molecular weight is 521 g/mol. The molecule has 2 aromatic rings. The molecule has 2 fully saturated rings. The molecule has 38 heavy (non-hydrogen) atoms. The summed E-state index contributed by atoms with van der Waals surface area (Å²) in [5.41, 5.74) is 1.81. The summed E-state index contributed by atoms with van der Waals surface area (Å²) in [6.07, 6.45) is 8.17. The van der Waals surface area contributed by atoms with Gasteiger partial charge in [0.2, 0.25) is 11.8 Å². The summed E-state index contributed by atoms with van der Waals surface area (Å²) in [6.45, 7) is 7.00. The van der Waals surface area contributed by atoms with E-state index in [1.54, 1.807) is 12.1 Å². The van der Waals surface area contributed by atoms with Crippen LogP contribution in [0.4, 0.5) is 0 Å². The Balaban J connectivity index is 1.43. The molecule has 2 atom stereocenters. The molecule has 0 aromatic heterocycles. The number of phenols is 2. The summed E-state index contributed by atoms with van der Waals surface area (Å²) in [4.78, 5) is 30.8. The second-order valence-corrected chi connectivity index (χ2v) is 11.4. The van der Waals surface area contributed by atoms with Crippen LogP contribution >= 0.6 is 0 Å². The van der Waals surface area contributed by atoms with Crippen molar-refractivity contribution < 1.29 is 19.8 Å². The van der Waals surface area contributed by atoms with Crippen LogP contribution in [0.5, 0.6) is 11.5 Å². The molecule has 0 saturated carbocycles. The van der Waals surface area contributed by atoms with Crippen LogP contribution in [0.3, 0.4) is 0 Å². The summed E-state index contributed by atoms with van der Waals surface area (Å²) in [5, 5.41) is 20.2. The first-order valence-corrected chi connectivity index (χ1v) is 14.5. The summed E-state index contributed by atoms with van der Waals surface area (Å²) in [6, 6.07) is 14.9. The fourth-order valence-electron chi connectivity index (χ4n) is 6.66. The Bertz CT molecular complexity index is 1030. The Morgan fingerprint density at radius 2 is 1.13 bits per heavy atom. The third-order valence-electron chi connectivity index (χ3n) is 9.18. The van der Waals surface area contributed by atoms with Gasteiger partial charge in [0.05, 0.1) is 0 Å². The Morgan fingerprint density at radius 3 is 1.50 bits per heavy atom. The lowest BCUT2D eigenvalue weighted by atomic mass is 9.74. The van der Waals surface area contributed by atoms with Crippen LogP contribution < -0.4 is 0 Å². The molecule has 2 heterocycles. The van der Waals surface area contributed by atoms with Gasteiger partial charge < -0.3 is 20.0 Å². The topological polar surface area (TPSA) is 81.1 Å². The lowest BCUT2D eigenvalue weighted by Crippen LogP contribution is -2.44. The monoisotopic (exact) mass is 520 g/mol. The normalized spacial score (nSPS) is 24.5. The van der Waals surface area contributed by atoms with Gasteiger partial charge in [-0.3, -0.25) is 9.59 Å². The van der Waals surface area contributed by atoms with E-state index in [9.17, 15) is 19.8 Å². The first kappa shape index (κ1) is 28.0. The van der Waals surface area contributed by atoms with Crippen molar-refractivity contribution in [2.24, 2.45) is 0 Å². The number of benzene rings is 2. The van der Waals surface area contributed by atoms with Crippen molar-refractivity contribution in [2.75, 3.05) is 26.2 Å². The maximum absolute atomic E-state index is 13.4. The average Bonchev–Trinajstić information content (AvgIpc) is 3.30. The summed E-state index contributed by atoms with van der Waals surface area (Å²) < 4.78 is 0. The van der Waals surface area contributed by atoms with E-state index in [1.165, 1.54) is 0 Å². The summed E-state index contributed by atoms with van der Waals surface area (Å²) in [7, 11) is 0. The van der Waals surface area contributed by atoms with Crippen molar-refractivity contribution in [3.8, 4) is 11.5 Å². The highest BCUT2D eigenvalue weighted by Crippen LogP contribution is 2.39. The van der Waals surface area contributed by atoms with Gasteiger partial charge in [-0.25, -0.2) is 0 Å². The van der Waals surface area contributed by atoms with Crippen molar-refractivity contribution in [3.05, 3.63) is 59.7 Å². The SMILES string of the molecule is CC[C@@]1(c2cccc(O)c2)CCCCN(C(=O)CCC(=O)N2CCCC[C@@](CC)(c3cccc(O)c3)C2)C1. The van der Waals surface area contributed by atoms with E-state index in [0.717, 1.165) is 62.5 Å². The van der Waals surface area contributed by atoms with Gasteiger partial charge in [0.25, 0.3) is 0 Å². The van der Waals surface area contributed by atoms with E-state index >= 15 is 0 Å². The zero-order valence-corrected chi connectivity index (χ0v) is 23.1. The zero-order chi connectivity index (χ0) is 27.2. The van der Waals surface area contributed by atoms with Gasteiger partial charge >= 0.3 is 0 Å². The first-order valence-electron chi connectivity index (χ1n) is 14.5. The van der Waals surface area contributed by atoms with E-state index in [-0.39, 0.29) is 47.0 Å². The lowest BCUT2D eigenvalue weighted by Gasteiger charge is -2.37. The Labute approximate surface area is 227 Å². The van der Waals surface area contributed by atoms with Crippen molar-refractivity contribution in [1.82, 2.24) is 9.80 Å². The lowest BCUT2D eigenvalue weighted by molar-refractivity contribution is -0.137. The van der Waals surface area contributed by atoms with Crippen molar-refractivity contribution in [1.29, 1.82) is 0 Å². The molecule has 2 aliphatic heterocycles. The maximum Gasteiger partial charge on any atom is 0.223 e. The van der Waals surface area contributed by atoms with Gasteiger partial charge in [-0.15, -0.1) is 0 Å². The van der Waals surface area contributed by atoms with Crippen LogP contribution in [0.2, 0.25) is 0 Å². The second kappa shape index (κ2) is 12.2. The molecule has 0 radical (unpaired) electrons. The number of carbonyl (C=O) groups is 2. The molecule has 206 valence electrons. The molecule has 0 bridgehead atoms. The van der Waals surface area contributed by atoms with Crippen LogP contribution in [0.15, 0.2) is 48.5 Å². The number of hydrogen-bond donors (Lipinski definition) is 2. The summed E-state index contributed by atoms with van der Waals surface area (Å²) >= 11 is 0. The van der Waals surface area contributed by atoms with Gasteiger partial charge in [0.1, 0.15) is 11.5 Å². The molecule has 6 heteroatoms. The van der Waals surface area contributed by atoms with Crippen LogP contribution in [0.25, 0.3) is 0 Å². The Hall–Kier alpha value is -3.02. The molecular weight excluding hydrogens is 476 g/mol. The number of likely N-dealkylation sites (tertiary alicyclic amines) is 2. The minimum Gasteiger partial charge on any atom is -0.508 e. The van der Waals surface area contributed by atoms with Crippen LogP contribution in [-0.4, -0.2) is 58.0 Å². The van der Waals surface area contributed by atoms with Crippen LogP contribution in [-0.2, 0) is 20.4 Å². The van der Waals surface area contributed by atoms with E-state index < -0.39 is 0 Å². The molecule has 6 nitrogen and oxygen atoms in total. The quantitative estimate of drug-likeness (QED) is 0.476. The molecule has 2 N–H and O–H groups in total. The zero-order valence-electron chi connectivity index (χ0n) is 23.1. The fraction of sp³-hybridized carbons (Fsp3) is 0.562. The molecule has 0 unspecified atom stereocenters. The second-order valence-electron chi connectivity index (χ2n) is 11.4. The highest BCUT2D eigenvalue weighted by atomic mass is 16.3. The number of carbonyl (C=O) groups excluding carboxylic acids is 2. The molecule has 2 saturated heterocycles. The molecule has 0 aliphatic carbocycles. The van der Waals surface area contributed by atoms with Crippen molar-refractivity contribution in [3.63, 3.8) is 0 Å². The highest BCUT2D eigenvalue weighted by molar-refractivity contribution is 5.84. The summed E-state index contributed by atoms with van der Waals surface area (Å²) in [5.74, 6) is 0.606. The minimum atomic E-state index is -0.179. The first-order chi connectivity index (χ1) is 18.3. The fourth-order valence-corrected chi connectivity index (χ4v) is 6.66. The maximum atomic E-state index is 13.4. The molecule has 0 spiro atoms. The van der Waals surface area contributed by atoms with Crippen molar-refractivity contribution >= 4 is 11.8 Å². The van der Waals surface area contributed by atoms with Gasteiger partial charge in [0.15, 0.2) is 0 Å². The number of nitrogens with zero attached hydrogens (tertiary/aromatic N) is 2. The number of rotatable bonds is 7. The smallest absolute Gasteiger partial charge is 0.223 e. The molecular formula is C32H44N2O4. The van der Waals surface area contributed by atoms with E-state index in [4.69, 9.17) is 0 Å². The number of amides is 2. The third-order valence-corrected chi connectivity index (χ3v) is 9.18. The largest absolute Gasteiger partial charge is 0.508 e. The van der Waals surface area contributed by atoms with Crippen molar-refractivity contribution in [2.45, 2.75) is 88.9 Å². The van der Waals surface area contributed by atoms with Gasteiger partial charge in [0, 0.05) is 49.9 Å². The van der Waals surface area contributed by atoms with Crippen LogP contribution in [0, 0.1) is 0 Å². The Kier molecular flexibility index (Phi) is 9.01. The minimum absolute atomic E-state index is 0.0442. The number of hydrogen-bond acceptors (Lipinski definition) is 4. The van der Waals surface area contributed by atoms with Crippen LogP contribution in [0.1, 0.15) is 89.2 Å². The van der Waals surface area contributed by atoms with E-state index in [0.29, 0.717) is 26.2 Å². The predicted molar refractivity (Wildman–Crippen MR) is 150 cm³/mol. The Morgan fingerprint density at radius 1 is 0.711 bits per heavy atom. The third kappa shape index (κ3) is 6.16. The molecule has 2 aliphatic rings. The van der Waals surface area contributed by atoms with Gasteiger partial charge in [-0.1, -0.05) is 51.0 Å². The predicted octanol–water partition coefficient (Wildman–Crippen LogP) is 5.90. The molecule has 2 aromatic carbocycles. The van der Waals surface area contributed by atoms with E-state index in [1.807, 2.05) is 34.1 Å². The number of phenolic OH excluding ortho intramolecular Hbond substituents is 2. The molecule has 2 amide bonds. The standard InChI is InChI=1S/C32H44N2O4/c1-3-31(25-11-9-13-27(35)21-25)17-5-7-19-33(23-31)29(37)15-16-30(38)34-20-8-6-18-32(4-2,24-34)26-12-10-14-28(36)22-26/h9-14,21-22,35-36H,3-8,15-20,23-24H2,1-2H3/t31-,32-/m1/s1. The van der Waals surface area contributed by atoms with E-state index in [2.05, 4.69) is 26.0 Å². The number of aromatic hydroxyl groups is 2. The highest BCUT2D eigenvalue weighted by Gasteiger charge is 2.38. The molecule has 4 rings (SSSR count). The van der Waals surface area contributed by atoms with Gasteiger partial charge in [-0.05, 0) is 73.9 Å². The van der Waals surface area contributed by atoms with Gasteiger partial charge in [-0.2, -0.15) is 0 Å².